The van der Waals surface area contributed by atoms with E-state index in [1.165, 1.54) is 25.2 Å². The smallest absolute Gasteiger partial charge is 0.0990 e. The summed E-state index contributed by atoms with van der Waals surface area (Å²) < 4.78 is 0. The van der Waals surface area contributed by atoms with E-state index in [0.29, 0.717) is 6.04 Å². The molecule has 1 fully saturated rings. The summed E-state index contributed by atoms with van der Waals surface area (Å²) in [5.74, 6) is 1.29. The van der Waals surface area contributed by atoms with Crippen molar-refractivity contribution in [1.29, 1.82) is 0 Å². The van der Waals surface area contributed by atoms with Crippen molar-refractivity contribution in [2.45, 2.75) is 32.7 Å². The van der Waals surface area contributed by atoms with Gasteiger partial charge in [-0.15, -0.1) is 0 Å². The largest absolute Gasteiger partial charge is 0.363 e. The van der Waals surface area contributed by atoms with E-state index >= 15 is 0 Å². The Morgan fingerprint density at radius 1 is 1.50 bits per heavy atom. The zero-order valence-corrected chi connectivity index (χ0v) is 7.09. The molecule has 1 rings (SSSR count). The van der Waals surface area contributed by atoms with Gasteiger partial charge in [0.2, 0.25) is 0 Å². The third-order valence-corrected chi connectivity index (χ3v) is 1.74. The molecule has 1 aliphatic rings. The zero-order valence-electron chi connectivity index (χ0n) is 7.09. The van der Waals surface area contributed by atoms with Crippen molar-refractivity contribution in [3.05, 3.63) is 0 Å². The Balaban J connectivity index is 2.54. The van der Waals surface area contributed by atoms with E-state index in [1.807, 2.05) is 0 Å². The van der Waals surface area contributed by atoms with Crippen LogP contribution in [0.1, 0.15) is 26.7 Å². The van der Waals surface area contributed by atoms with Gasteiger partial charge < -0.3 is 4.90 Å². The molecule has 0 aromatic rings. The summed E-state index contributed by atoms with van der Waals surface area (Å²) in [4.78, 5) is 6.75. The molecule has 0 aliphatic carbocycles. The summed E-state index contributed by atoms with van der Waals surface area (Å²) >= 11 is 0. The first kappa shape index (κ1) is 7.58. The van der Waals surface area contributed by atoms with Crippen molar-refractivity contribution in [2.75, 3.05) is 13.6 Å². The second kappa shape index (κ2) is 3.04. The van der Waals surface area contributed by atoms with E-state index < -0.39 is 0 Å². The van der Waals surface area contributed by atoms with Crippen LogP contribution in [-0.4, -0.2) is 30.4 Å². The second-order valence-corrected chi connectivity index (χ2v) is 3.16. The topological polar surface area (TPSA) is 15.6 Å². The summed E-state index contributed by atoms with van der Waals surface area (Å²) in [6, 6.07) is 0.454. The number of hydrogen-bond acceptors (Lipinski definition) is 1. The fourth-order valence-electron chi connectivity index (χ4n) is 1.26. The number of rotatable bonds is 1. The normalized spacial score (nSPS) is 23.2. The average Bonchev–Trinajstić information content (AvgIpc) is 2.15. The second-order valence-electron chi connectivity index (χ2n) is 3.16. The van der Waals surface area contributed by atoms with E-state index in [0.717, 1.165) is 0 Å². The van der Waals surface area contributed by atoms with Gasteiger partial charge in [-0.25, -0.2) is 0 Å². The van der Waals surface area contributed by atoms with Crippen LogP contribution in [0.2, 0.25) is 0 Å². The van der Waals surface area contributed by atoms with Crippen LogP contribution in [0.4, 0.5) is 0 Å². The first-order chi connectivity index (χ1) is 4.70. The van der Waals surface area contributed by atoms with Crippen molar-refractivity contribution in [2.24, 2.45) is 4.99 Å². The van der Waals surface area contributed by atoms with E-state index in [-0.39, 0.29) is 0 Å². The number of aliphatic imine (C=N–C) groups is 1. The Morgan fingerprint density at radius 2 is 2.20 bits per heavy atom. The van der Waals surface area contributed by atoms with Gasteiger partial charge in [0.25, 0.3) is 0 Å². The minimum absolute atomic E-state index is 0.454. The number of hydrogen-bond donors (Lipinski definition) is 0. The Kier molecular flexibility index (Phi) is 2.30. The Bertz CT molecular complexity index is 138. The molecule has 0 atom stereocenters. The van der Waals surface area contributed by atoms with Crippen molar-refractivity contribution in [3.8, 4) is 0 Å². The molecule has 1 aliphatic heterocycles. The molecule has 0 amide bonds. The molecule has 10 heavy (non-hydrogen) atoms. The van der Waals surface area contributed by atoms with Crippen LogP contribution in [0, 0.1) is 0 Å². The predicted molar refractivity (Wildman–Crippen MR) is 44.4 cm³/mol. The lowest BCUT2D eigenvalue weighted by Gasteiger charge is -2.11. The molecule has 58 valence electrons. The number of nitrogens with zero attached hydrogens (tertiary/aromatic N) is 2. The third-order valence-electron chi connectivity index (χ3n) is 1.74. The van der Waals surface area contributed by atoms with Gasteiger partial charge in [0.15, 0.2) is 0 Å². The molecular weight excluding hydrogens is 124 g/mol. The minimum Gasteiger partial charge on any atom is -0.363 e. The van der Waals surface area contributed by atoms with Crippen molar-refractivity contribution >= 4 is 5.84 Å². The summed E-state index contributed by atoms with van der Waals surface area (Å²) in [5.41, 5.74) is 0. The lowest BCUT2D eigenvalue weighted by Crippen LogP contribution is -2.20. The molecule has 0 spiro atoms. The molecule has 2 heteroatoms. The van der Waals surface area contributed by atoms with Gasteiger partial charge >= 0.3 is 0 Å². The van der Waals surface area contributed by atoms with Gasteiger partial charge in [0.1, 0.15) is 0 Å². The van der Waals surface area contributed by atoms with Crippen LogP contribution in [-0.2, 0) is 0 Å². The van der Waals surface area contributed by atoms with E-state index in [1.54, 1.807) is 0 Å². The van der Waals surface area contributed by atoms with Crippen LogP contribution < -0.4 is 0 Å². The fraction of sp³-hybridized carbons (Fsp3) is 0.875. The predicted octanol–water partition coefficient (Wildman–Crippen LogP) is 1.52. The molecule has 0 unspecified atom stereocenters. The first-order valence-electron chi connectivity index (χ1n) is 3.98. The maximum Gasteiger partial charge on any atom is 0.0990 e. The van der Waals surface area contributed by atoms with Gasteiger partial charge in [-0.1, -0.05) is 0 Å². The minimum atomic E-state index is 0.454. The SMILES string of the molecule is CC(C)/N=C1/CCCN1C. The van der Waals surface area contributed by atoms with Crippen LogP contribution in [0.25, 0.3) is 0 Å². The number of amidine groups is 1. The standard InChI is InChI=1S/C8H16N2/c1-7(2)9-8-5-4-6-10(8)3/h7H,4-6H2,1-3H3/b9-8-. The fourth-order valence-corrected chi connectivity index (χ4v) is 1.26. The van der Waals surface area contributed by atoms with Crippen molar-refractivity contribution < 1.29 is 0 Å². The molecule has 0 aromatic heterocycles. The molecular formula is C8H16N2. The number of likely N-dealkylation sites (tertiary alicyclic amines) is 1. The lowest BCUT2D eigenvalue weighted by molar-refractivity contribution is 0.545. The maximum absolute atomic E-state index is 4.50. The van der Waals surface area contributed by atoms with E-state index in [4.69, 9.17) is 0 Å². The van der Waals surface area contributed by atoms with Crippen LogP contribution >= 0.6 is 0 Å². The van der Waals surface area contributed by atoms with Gasteiger partial charge in [-0.2, -0.15) is 0 Å². The summed E-state index contributed by atoms with van der Waals surface area (Å²) in [5, 5.41) is 0. The first-order valence-corrected chi connectivity index (χ1v) is 3.98. The highest BCUT2D eigenvalue weighted by Crippen LogP contribution is 2.09. The van der Waals surface area contributed by atoms with Gasteiger partial charge in [0.05, 0.1) is 5.84 Å². The van der Waals surface area contributed by atoms with E-state index in [2.05, 4.69) is 30.8 Å². The van der Waals surface area contributed by atoms with Crippen LogP contribution in [0.3, 0.4) is 0 Å². The lowest BCUT2D eigenvalue weighted by atomic mass is 10.3. The summed E-state index contributed by atoms with van der Waals surface area (Å²) in [6.45, 7) is 5.43. The molecule has 1 heterocycles. The highest BCUT2D eigenvalue weighted by atomic mass is 15.2. The highest BCUT2D eigenvalue weighted by Gasteiger charge is 2.13. The molecule has 0 N–H and O–H groups in total. The maximum atomic E-state index is 4.50. The molecule has 0 saturated carbocycles. The molecule has 1 saturated heterocycles. The zero-order chi connectivity index (χ0) is 7.56. The van der Waals surface area contributed by atoms with E-state index in [9.17, 15) is 0 Å². The summed E-state index contributed by atoms with van der Waals surface area (Å²) in [7, 11) is 2.12. The Morgan fingerprint density at radius 3 is 2.60 bits per heavy atom. The quantitative estimate of drug-likeness (QED) is 0.539. The van der Waals surface area contributed by atoms with Crippen molar-refractivity contribution in [3.63, 3.8) is 0 Å². The molecule has 0 aromatic carbocycles. The molecule has 2 nitrogen and oxygen atoms in total. The van der Waals surface area contributed by atoms with Crippen LogP contribution in [0.15, 0.2) is 4.99 Å². The average molecular weight is 140 g/mol. The molecule has 0 radical (unpaired) electrons. The monoisotopic (exact) mass is 140 g/mol. The molecule has 0 bridgehead atoms. The van der Waals surface area contributed by atoms with Gasteiger partial charge in [0, 0.05) is 26.1 Å². The van der Waals surface area contributed by atoms with Gasteiger partial charge in [-0.05, 0) is 20.3 Å². The summed E-state index contributed by atoms with van der Waals surface area (Å²) in [6.07, 6.45) is 2.46. The van der Waals surface area contributed by atoms with Gasteiger partial charge in [-0.3, -0.25) is 4.99 Å². The van der Waals surface area contributed by atoms with Crippen LogP contribution in [0.5, 0.6) is 0 Å². The van der Waals surface area contributed by atoms with Crippen molar-refractivity contribution in [1.82, 2.24) is 4.90 Å². The highest BCUT2D eigenvalue weighted by molar-refractivity contribution is 5.83. The Hall–Kier alpha value is -0.530. The Labute approximate surface area is 62.9 Å². The third kappa shape index (κ3) is 1.72.